The predicted molar refractivity (Wildman–Crippen MR) is 63.7 cm³/mol. The van der Waals surface area contributed by atoms with Crippen molar-refractivity contribution in [2.75, 3.05) is 20.3 Å². The molecule has 0 aliphatic carbocycles. The smallest absolute Gasteiger partial charge is 0.276 e. The Morgan fingerprint density at radius 3 is 2.78 bits per heavy atom. The van der Waals surface area contributed by atoms with E-state index in [9.17, 15) is 10.1 Å². The molecule has 18 heavy (non-hydrogen) atoms. The molecule has 0 unspecified atom stereocenters. The molecule has 98 valence electrons. The van der Waals surface area contributed by atoms with E-state index in [2.05, 4.69) is 0 Å². The Balaban J connectivity index is 2.17. The van der Waals surface area contributed by atoms with Crippen molar-refractivity contribution in [3.05, 3.63) is 33.9 Å². The van der Waals surface area contributed by atoms with Gasteiger partial charge in [0.25, 0.3) is 5.69 Å². The lowest BCUT2D eigenvalue weighted by molar-refractivity contribution is -0.385. The predicted octanol–water partition coefficient (Wildman–Crippen LogP) is 1.91. The first-order valence-corrected chi connectivity index (χ1v) is 5.75. The van der Waals surface area contributed by atoms with Gasteiger partial charge in [-0.25, -0.2) is 0 Å². The third kappa shape index (κ3) is 2.96. The molecule has 1 aliphatic heterocycles. The first-order valence-electron chi connectivity index (χ1n) is 5.75. The molecule has 0 radical (unpaired) electrons. The standard InChI is InChI=1S/C12H15NO5/c1-16-10-4-3-9(11(8-10)13(14)15)7-12-17-5-2-6-18-12/h3-4,8,12H,2,5-7H2,1H3. The first-order chi connectivity index (χ1) is 8.70. The minimum absolute atomic E-state index is 0.0344. The van der Waals surface area contributed by atoms with Crippen LogP contribution in [0.25, 0.3) is 0 Å². The molecule has 0 spiro atoms. The van der Waals surface area contributed by atoms with Crippen molar-refractivity contribution in [3.8, 4) is 5.75 Å². The Kier molecular flexibility index (Phi) is 4.11. The van der Waals surface area contributed by atoms with Crippen LogP contribution in [0, 0.1) is 10.1 Å². The van der Waals surface area contributed by atoms with Crippen molar-refractivity contribution in [2.45, 2.75) is 19.1 Å². The second-order valence-electron chi connectivity index (χ2n) is 3.98. The van der Waals surface area contributed by atoms with Crippen LogP contribution in [0.2, 0.25) is 0 Å². The number of hydrogen-bond acceptors (Lipinski definition) is 5. The highest BCUT2D eigenvalue weighted by Crippen LogP contribution is 2.26. The van der Waals surface area contributed by atoms with Crippen molar-refractivity contribution < 1.29 is 19.1 Å². The maximum atomic E-state index is 11.0. The average Bonchev–Trinajstić information content (AvgIpc) is 2.40. The lowest BCUT2D eigenvalue weighted by atomic mass is 10.1. The minimum atomic E-state index is -0.416. The van der Waals surface area contributed by atoms with Crippen LogP contribution in [0.1, 0.15) is 12.0 Å². The highest BCUT2D eigenvalue weighted by Gasteiger charge is 2.21. The van der Waals surface area contributed by atoms with E-state index < -0.39 is 11.2 Å². The zero-order valence-electron chi connectivity index (χ0n) is 10.1. The second-order valence-corrected chi connectivity index (χ2v) is 3.98. The van der Waals surface area contributed by atoms with Crippen LogP contribution in [0.4, 0.5) is 5.69 Å². The third-order valence-corrected chi connectivity index (χ3v) is 2.77. The molecule has 0 atom stereocenters. The molecule has 6 nitrogen and oxygen atoms in total. The number of nitro benzene ring substituents is 1. The number of rotatable bonds is 4. The van der Waals surface area contributed by atoms with Crippen LogP contribution < -0.4 is 4.74 Å². The Hall–Kier alpha value is -1.66. The Labute approximate surface area is 105 Å². The van der Waals surface area contributed by atoms with Crippen molar-refractivity contribution in [3.63, 3.8) is 0 Å². The van der Waals surface area contributed by atoms with Crippen molar-refractivity contribution in [2.24, 2.45) is 0 Å². The third-order valence-electron chi connectivity index (χ3n) is 2.77. The van der Waals surface area contributed by atoms with E-state index in [4.69, 9.17) is 14.2 Å². The maximum Gasteiger partial charge on any atom is 0.276 e. The molecule has 0 amide bonds. The normalized spacial score (nSPS) is 16.5. The largest absolute Gasteiger partial charge is 0.497 e. The summed E-state index contributed by atoms with van der Waals surface area (Å²) in [7, 11) is 1.48. The molecule has 1 fully saturated rings. The van der Waals surface area contributed by atoms with Gasteiger partial charge in [0.05, 0.1) is 31.3 Å². The van der Waals surface area contributed by atoms with Crippen LogP contribution in [0.15, 0.2) is 18.2 Å². The van der Waals surface area contributed by atoms with E-state index in [1.807, 2.05) is 0 Å². The second kappa shape index (κ2) is 5.79. The number of methoxy groups -OCH3 is 1. The lowest BCUT2D eigenvalue weighted by Gasteiger charge is -2.23. The van der Waals surface area contributed by atoms with E-state index in [1.54, 1.807) is 12.1 Å². The fraction of sp³-hybridized carbons (Fsp3) is 0.500. The van der Waals surface area contributed by atoms with E-state index in [0.29, 0.717) is 30.9 Å². The summed E-state index contributed by atoms with van der Waals surface area (Å²) in [6.07, 6.45) is 0.840. The summed E-state index contributed by atoms with van der Waals surface area (Å²) in [6, 6.07) is 4.79. The molecule has 1 heterocycles. The van der Waals surface area contributed by atoms with Crippen molar-refractivity contribution in [1.82, 2.24) is 0 Å². The number of nitrogens with zero attached hydrogens (tertiary/aromatic N) is 1. The number of ether oxygens (including phenoxy) is 3. The summed E-state index contributed by atoms with van der Waals surface area (Å²) >= 11 is 0. The molecule has 0 saturated carbocycles. The van der Waals surface area contributed by atoms with E-state index >= 15 is 0 Å². The van der Waals surface area contributed by atoms with E-state index in [1.165, 1.54) is 13.2 Å². The molecule has 1 saturated heterocycles. The molecule has 1 aromatic rings. The summed E-state index contributed by atoms with van der Waals surface area (Å²) in [5.74, 6) is 0.468. The van der Waals surface area contributed by atoms with Gasteiger partial charge in [-0.05, 0) is 18.6 Å². The Morgan fingerprint density at radius 2 is 2.17 bits per heavy atom. The van der Waals surface area contributed by atoms with Gasteiger partial charge in [0.15, 0.2) is 6.29 Å². The van der Waals surface area contributed by atoms with Crippen LogP contribution in [-0.4, -0.2) is 31.5 Å². The molecule has 1 aromatic carbocycles. The van der Waals surface area contributed by atoms with Gasteiger partial charge in [-0.15, -0.1) is 0 Å². The molecule has 6 heteroatoms. The first kappa shape index (κ1) is 12.8. The zero-order valence-corrected chi connectivity index (χ0v) is 10.1. The number of hydrogen-bond donors (Lipinski definition) is 0. The monoisotopic (exact) mass is 253 g/mol. The highest BCUT2D eigenvalue weighted by atomic mass is 16.7. The molecule has 0 bridgehead atoms. The van der Waals surface area contributed by atoms with Crippen LogP contribution in [0.3, 0.4) is 0 Å². The fourth-order valence-corrected chi connectivity index (χ4v) is 1.85. The van der Waals surface area contributed by atoms with Gasteiger partial charge < -0.3 is 14.2 Å². The molecular formula is C12H15NO5. The zero-order chi connectivity index (χ0) is 13.0. The van der Waals surface area contributed by atoms with Gasteiger partial charge in [-0.2, -0.15) is 0 Å². The van der Waals surface area contributed by atoms with Crippen molar-refractivity contribution >= 4 is 5.69 Å². The van der Waals surface area contributed by atoms with E-state index in [0.717, 1.165) is 6.42 Å². The Bertz CT molecular complexity index is 428. The van der Waals surface area contributed by atoms with Gasteiger partial charge in [0.1, 0.15) is 5.75 Å². The minimum Gasteiger partial charge on any atom is -0.497 e. The molecular weight excluding hydrogens is 238 g/mol. The summed E-state index contributed by atoms with van der Waals surface area (Å²) in [5.41, 5.74) is 0.625. The molecule has 0 N–H and O–H groups in total. The molecule has 1 aliphatic rings. The summed E-state index contributed by atoms with van der Waals surface area (Å²) in [5, 5.41) is 11.0. The topological polar surface area (TPSA) is 70.8 Å². The lowest BCUT2D eigenvalue weighted by Crippen LogP contribution is -2.27. The average molecular weight is 253 g/mol. The summed E-state index contributed by atoms with van der Waals surface area (Å²) in [4.78, 5) is 10.6. The quantitative estimate of drug-likeness (QED) is 0.605. The summed E-state index contributed by atoms with van der Waals surface area (Å²) < 4.78 is 15.8. The summed E-state index contributed by atoms with van der Waals surface area (Å²) in [6.45, 7) is 1.27. The fourth-order valence-electron chi connectivity index (χ4n) is 1.85. The van der Waals surface area contributed by atoms with E-state index in [-0.39, 0.29) is 5.69 Å². The van der Waals surface area contributed by atoms with Gasteiger partial charge in [-0.1, -0.05) is 0 Å². The van der Waals surface area contributed by atoms with Gasteiger partial charge in [0, 0.05) is 12.0 Å². The number of nitro groups is 1. The Morgan fingerprint density at radius 1 is 1.44 bits per heavy atom. The number of benzene rings is 1. The van der Waals surface area contributed by atoms with Crippen LogP contribution >= 0.6 is 0 Å². The van der Waals surface area contributed by atoms with Crippen molar-refractivity contribution in [1.29, 1.82) is 0 Å². The maximum absolute atomic E-state index is 11.0. The van der Waals surface area contributed by atoms with Crippen LogP contribution in [0.5, 0.6) is 5.75 Å². The van der Waals surface area contributed by atoms with Crippen LogP contribution in [-0.2, 0) is 15.9 Å². The van der Waals surface area contributed by atoms with Gasteiger partial charge in [0.2, 0.25) is 0 Å². The van der Waals surface area contributed by atoms with Gasteiger partial charge in [-0.3, -0.25) is 10.1 Å². The molecule has 2 rings (SSSR count). The SMILES string of the molecule is COc1ccc(CC2OCCCO2)c([N+](=O)[O-])c1. The molecule has 0 aromatic heterocycles. The highest BCUT2D eigenvalue weighted by molar-refractivity contribution is 5.46. The van der Waals surface area contributed by atoms with Gasteiger partial charge >= 0.3 is 0 Å².